The number of benzene rings is 2. The minimum atomic E-state index is -0.261. The second-order valence-electron chi connectivity index (χ2n) is 5.62. The van der Waals surface area contributed by atoms with Crippen molar-refractivity contribution in [3.63, 3.8) is 0 Å². The van der Waals surface area contributed by atoms with Gasteiger partial charge in [-0.25, -0.2) is 9.97 Å². The van der Waals surface area contributed by atoms with Gasteiger partial charge in [0.1, 0.15) is 18.6 Å². The summed E-state index contributed by atoms with van der Waals surface area (Å²) in [6.07, 6.45) is 1.34. The number of nitrogens with zero attached hydrogens (tertiary/aromatic N) is 2. The van der Waals surface area contributed by atoms with Gasteiger partial charge >= 0.3 is 0 Å². The van der Waals surface area contributed by atoms with Gasteiger partial charge in [-0.2, -0.15) is 0 Å². The fourth-order valence-corrected chi connectivity index (χ4v) is 2.37. The molecule has 0 aliphatic carbocycles. The highest BCUT2D eigenvalue weighted by Gasteiger charge is 2.13. The van der Waals surface area contributed by atoms with Crippen molar-refractivity contribution >= 4 is 5.91 Å². The van der Waals surface area contributed by atoms with Crippen molar-refractivity contribution in [2.75, 3.05) is 0 Å². The smallest absolute Gasteiger partial charge is 0.270 e. The summed E-state index contributed by atoms with van der Waals surface area (Å²) in [4.78, 5) is 20.5. The van der Waals surface area contributed by atoms with Gasteiger partial charge in [-0.3, -0.25) is 4.79 Å². The first-order valence-corrected chi connectivity index (χ1v) is 8.07. The van der Waals surface area contributed by atoms with Crippen LogP contribution in [0.3, 0.4) is 0 Å². The molecule has 3 rings (SSSR count). The Labute approximate surface area is 146 Å². The Morgan fingerprint density at radius 1 is 1.04 bits per heavy atom. The second-order valence-corrected chi connectivity index (χ2v) is 5.62. The van der Waals surface area contributed by atoms with Crippen molar-refractivity contribution < 1.29 is 9.53 Å². The molecular weight excluding hydrogens is 314 g/mol. The lowest BCUT2D eigenvalue weighted by molar-refractivity contribution is 0.0934. The molecule has 25 heavy (non-hydrogen) atoms. The number of amides is 1. The Balaban J connectivity index is 1.63. The molecule has 2 aromatic carbocycles. The first-order chi connectivity index (χ1) is 12.2. The molecule has 0 spiro atoms. The zero-order valence-electron chi connectivity index (χ0n) is 13.9. The first kappa shape index (κ1) is 16.6. The van der Waals surface area contributed by atoms with Crippen LogP contribution in [0.15, 0.2) is 73.1 Å². The molecule has 1 atom stereocenters. The van der Waals surface area contributed by atoms with Gasteiger partial charge < -0.3 is 10.1 Å². The highest BCUT2D eigenvalue weighted by atomic mass is 16.5. The van der Waals surface area contributed by atoms with Crippen LogP contribution < -0.4 is 10.1 Å². The molecule has 1 heterocycles. The minimum absolute atomic E-state index is 0.114. The van der Waals surface area contributed by atoms with E-state index in [4.69, 9.17) is 4.74 Å². The van der Waals surface area contributed by atoms with E-state index in [1.54, 1.807) is 6.07 Å². The lowest BCUT2D eigenvalue weighted by Crippen LogP contribution is -2.27. The van der Waals surface area contributed by atoms with Crippen molar-refractivity contribution in [3.8, 4) is 5.88 Å². The lowest BCUT2D eigenvalue weighted by Gasteiger charge is -2.14. The van der Waals surface area contributed by atoms with Crippen LogP contribution in [0.5, 0.6) is 5.88 Å². The van der Waals surface area contributed by atoms with Crippen LogP contribution in [0.4, 0.5) is 0 Å². The third-order valence-electron chi connectivity index (χ3n) is 3.75. The fourth-order valence-electron chi connectivity index (χ4n) is 2.37. The van der Waals surface area contributed by atoms with Gasteiger partial charge in [0, 0.05) is 6.07 Å². The maximum atomic E-state index is 12.4. The van der Waals surface area contributed by atoms with Crippen molar-refractivity contribution in [1.29, 1.82) is 0 Å². The van der Waals surface area contributed by atoms with Gasteiger partial charge in [-0.1, -0.05) is 60.7 Å². The SMILES string of the molecule is CC(NC(=O)c1cc(OCc2ccccc2)ncn1)c1ccccc1. The van der Waals surface area contributed by atoms with Crippen molar-refractivity contribution in [2.24, 2.45) is 0 Å². The molecule has 0 bridgehead atoms. The van der Waals surface area contributed by atoms with Gasteiger partial charge in [0.05, 0.1) is 6.04 Å². The Kier molecular flexibility index (Phi) is 5.36. The average Bonchev–Trinajstić information content (AvgIpc) is 2.68. The van der Waals surface area contributed by atoms with E-state index < -0.39 is 0 Å². The number of nitrogens with one attached hydrogen (secondary N) is 1. The van der Waals surface area contributed by atoms with Crippen LogP contribution in [-0.4, -0.2) is 15.9 Å². The Morgan fingerprint density at radius 2 is 1.72 bits per heavy atom. The summed E-state index contributed by atoms with van der Waals surface area (Å²) in [6, 6.07) is 21.0. The molecule has 0 aliphatic rings. The van der Waals surface area contributed by atoms with Gasteiger partial charge in [0.25, 0.3) is 5.91 Å². The number of hydrogen-bond acceptors (Lipinski definition) is 4. The van der Waals surface area contributed by atoms with Gasteiger partial charge in [-0.05, 0) is 18.1 Å². The maximum absolute atomic E-state index is 12.4. The summed E-state index contributed by atoms with van der Waals surface area (Å²) in [6.45, 7) is 2.32. The molecule has 1 amide bonds. The van der Waals surface area contributed by atoms with E-state index in [-0.39, 0.29) is 17.6 Å². The summed E-state index contributed by atoms with van der Waals surface area (Å²) < 4.78 is 5.64. The fraction of sp³-hybridized carbons (Fsp3) is 0.150. The number of aromatic nitrogens is 2. The standard InChI is InChI=1S/C20H19N3O2/c1-15(17-10-6-3-7-11-17)23-20(24)18-12-19(22-14-21-18)25-13-16-8-4-2-5-9-16/h2-12,14-15H,13H2,1H3,(H,23,24). The zero-order valence-corrected chi connectivity index (χ0v) is 13.9. The Bertz CT molecular complexity index is 823. The number of hydrogen-bond donors (Lipinski definition) is 1. The summed E-state index contributed by atoms with van der Waals surface area (Å²) >= 11 is 0. The van der Waals surface area contributed by atoms with Crippen LogP contribution >= 0.6 is 0 Å². The van der Waals surface area contributed by atoms with E-state index in [2.05, 4.69) is 15.3 Å². The van der Waals surface area contributed by atoms with Gasteiger partial charge in [0.15, 0.2) is 0 Å². The third kappa shape index (κ3) is 4.64. The number of ether oxygens (including phenoxy) is 1. The molecule has 0 saturated heterocycles. The highest BCUT2D eigenvalue weighted by Crippen LogP contribution is 2.14. The number of rotatable bonds is 6. The minimum Gasteiger partial charge on any atom is -0.473 e. The monoisotopic (exact) mass is 333 g/mol. The van der Waals surface area contributed by atoms with E-state index in [1.807, 2.05) is 67.6 Å². The van der Waals surface area contributed by atoms with Crippen LogP contribution in [0.1, 0.15) is 34.6 Å². The van der Waals surface area contributed by atoms with Crippen molar-refractivity contribution in [2.45, 2.75) is 19.6 Å². The molecule has 0 fully saturated rings. The van der Waals surface area contributed by atoms with E-state index >= 15 is 0 Å². The molecule has 1 aromatic heterocycles. The van der Waals surface area contributed by atoms with Crippen molar-refractivity contribution in [3.05, 3.63) is 89.9 Å². The highest BCUT2D eigenvalue weighted by molar-refractivity contribution is 5.92. The molecule has 5 heteroatoms. The molecule has 0 aliphatic heterocycles. The van der Waals surface area contributed by atoms with E-state index in [0.29, 0.717) is 12.5 Å². The molecular formula is C20H19N3O2. The van der Waals surface area contributed by atoms with Crippen molar-refractivity contribution in [1.82, 2.24) is 15.3 Å². The quantitative estimate of drug-likeness (QED) is 0.749. The summed E-state index contributed by atoms with van der Waals surface area (Å²) in [7, 11) is 0. The van der Waals surface area contributed by atoms with Crippen LogP contribution in [0.2, 0.25) is 0 Å². The molecule has 126 valence electrons. The molecule has 3 aromatic rings. The van der Waals surface area contributed by atoms with Gasteiger partial charge in [-0.15, -0.1) is 0 Å². The van der Waals surface area contributed by atoms with E-state index in [9.17, 15) is 4.79 Å². The maximum Gasteiger partial charge on any atom is 0.270 e. The predicted octanol–water partition coefficient (Wildman–Crippen LogP) is 3.55. The number of carbonyl (C=O) groups excluding carboxylic acids is 1. The zero-order chi connectivity index (χ0) is 17.5. The van der Waals surface area contributed by atoms with Gasteiger partial charge in [0.2, 0.25) is 5.88 Å². The Hall–Kier alpha value is -3.21. The largest absolute Gasteiger partial charge is 0.473 e. The van der Waals surface area contributed by atoms with Crippen LogP contribution in [0, 0.1) is 0 Å². The molecule has 1 unspecified atom stereocenters. The summed E-state index contributed by atoms with van der Waals surface area (Å²) in [5, 5.41) is 2.93. The van der Waals surface area contributed by atoms with E-state index in [1.165, 1.54) is 6.33 Å². The molecule has 5 nitrogen and oxygen atoms in total. The topological polar surface area (TPSA) is 64.1 Å². The summed E-state index contributed by atoms with van der Waals surface area (Å²) in [5.74, 6) is 0.111. The Morgan fingerprint density at radius 3 is 2.44 bits per heavy atom. The first-order valence-electron chi connectivity index (χ1n) is 8.07. The second kappa shape index (κ2) is 8.06. The number of carbonyl (C=O) groups is 1. The predicted molar refractivity (Wildman–Crippen MR) is 95.1 cm³/mol. The third-order valence-corrected chi connectivity index (χ3v) is 3.75. The average molecular weight is 333 g/mol. The van der Waals surface area contributed by atoms with Crippen LogP contribution in [-0.2, 0) is 6.61 Å². The normalized spacial score (nSPS) is 11.6. The van der Waals surface area contributed by atoms with E-state index in [0.717, 1.165) is 11.1 Å². The molecule has 1 N–H and O–H groups in total. The summed E-state index contributed by atoms with van der Waals surface area (Å²) in [5.41, 5.74) is 2.34. The van der Waals surface area contributed by atoms with Crippen LogP contribution in [0.25, 0.3) is 0 Å². The molecule has 0 saturated carbocycles. The lowest BCUT2D eigenvalue weighted by atomic mass is 10.1. The molecule has 0 radical (unpaired) electrons.